The van der Waals surface area contributed by atoms with Crippen LogP contribution in [0.15, 0.2) is 121 Å². The number of anilines is 2. The molecule has 0 atom stereocenters. The van der Waals surface area contributed by atoms with Crippen molar-refractivity contribution in [1.82, 2.24) is 0 Å². The molecule has 0 spiro atoms. The second kappa shape index (κ2) is 11.4. The highest BCUT2D eigenvalue weighted by molar-refractivity contribution is 7.72. The van der Waals surface area contributed by atoms with Gasteiger partial charge in [0.05, 0.1) is 0 Å². The number of hydrogen-bond acceptors (Lipinski definition) is 2. The minimum Gasteiger partial charge on any atom is -0.378 e. The molecule has 0 unspecified atom stereocenters. The molecule has 204 valence electrons. The first-order chi connectivity index (χ1) is 19.9. The molecule has 0 aromatic heterocycles. The SMILES string of the molecule is Cc1ccc2ccccc2c1-c1c(CP(c2ccc(N(C)C)cc2)c2ccc(N(C)C)cc2)ccc2ccccc12. The first-order valence-corrected chi connectivity index (χ1v) is 15.7. The van der Waals surface area contributed by atoms with Gasteiger partial charge >= 0.3 is 0 Å². The third-order valence-electron chi connectivity index (χ3n) is 8.09. The van der Waals surface area contributed by atoms with Crippen LogP contribution in [0.3, 0.4) is 0 Å². The lowest BCUT2D eigenvalue weighted by atomic mass is 9.88. The molecule has 0 bridgehead atoms. The Hall–Kier alpha value is -4.13. The molecule has 41 heavy (non-hydrogen) atoms. The zero-order valence-corrected chi connectivity index (χ0v) is 25.5. The molecule has 0 fully saturated rings. The molecule has 0 amide bonds. The van der Waals surface area contributed by atoms with Crippen LogP contribution in [0.1, 0.15) is 11.1 Å². The zero-order valence-electron chi connectivity index (χ0n) is 24.6. The fraction of sp³-hybridized carbons (Fsp3) is 0.158. The van der Waals surface area contributed by atoms with E-state index < -0.39 is 7.92 Å². The van der Waals surface area contributed by atoms with E-state index in [9.17, 15) is 0 Å². The van der Waals surface area contributed by atoms with Crippen LogP contribution >= 0.6 is 7.92 Å². The van der Waals surface area contributed by atoms with Gasteiger partial charge in [0.15, 0.2) is 0 Å². The first-order valence-electron chi connectivity index (χ1n) is 14.2. The van der Waals surface area contributed by atoms with Crippen molar-refractivity contribution in [2.45, 2.75) is 13.1 Å². The predicted octanol–water partition coefficient (Wildman–Crippen LogP) is 8.73. The molecule has 0 aliphatic heterocycles. The third kappa shape index (κ3) is 5.33. The lowest BCUT2D eigenvalue weighted by molar-refractivity contribution is 1.13. The standard InChI is InChI=1S/C38H37N2P/c1-27-14-15-28-10-6-8-12-35(28)37(27)38-30(17-16-29-11-7-9-13-36(29)38)26-41(33-22-18-31(19-23-33)39(2)3)34-24-20-32(21-25-34)40(4)5/h6-25H,26H2,1-5H3. The minimum atomic E-state index is -0.642. The molecule has 6 aromatic rings. The van der Waals surface area contributed by atoms with Crippen molar-refractivity contribution in [2.75, 3.05) is 38.0 Å². The summed E-state index contributed by atoms with van der Waals surface area (Å²) in [7, 11) is 7.77. The molecule has 2 nitrogen and oxygen atoms in total. The summed E-state index contributed by atoms with van der Waals surface area (Å²) in [5, 5.41) is 8.01. The van der Waals surface area contributed by atoms with Crippen molar-refractivity contribution in [1.29, 1.82) is 0 Å². The average molecular weight is 553 g/mol. The topological polar surface area (TPSA) is 6.48 Å². The van der Waals surface area contributed by atoms with E-state index in [0.717, 1.165) is 6.16 Å². The second-order valence-electron chi connectivity index (χ2n) is 11.2. The van der Waals surface area contributed by atoms with Gasteiger partial charge in [-0.3, -0.25) is 0 Å². The van der Waals surface area contributed by atoms with Crippen molar-refractivity contribution in [3.63, 3.8) is 0 Å². The third-order valence-corrected chi connectivity index (χ3v) is 10.6. The Bertz CT molecular complexity index is 1770. The highest BCUT2D eigenvalue weighted by Gasteiger charge is 2.21. The van der Waals surface area contributed by atoms with Crippen molar-refractivity contribution >= 4 is 51.5 Å². The summed E-state index contributed by atoms with van der Waals surface area (Å²) in [6.07, 6.45) is 0.973. The number of rotatable bonds is 7. The van der Waals surface area contributed by atoms with Crippen LogP contribution in [0.5, 0.6) is 0 Å². The fourth-order valence-corrected chi connectivity index (χ4v) is 8.10. The Balaban J connectivity index is 1.56. The van der Waals surface area contributed by atoms with Gasteiger partial charge in [0.1, 0.15) is 0 Å². The van der Waals surface area contributed by atoms with Crippen LogP contribution < -0.4 is 20.4 Å². The first kappa shape index (κ1) is 27.1. The molecular formula is C38H37N2P. The van der Waals surface area contributed by atoms with Gasteiger partial charge in [-0.1, -0.05) is 97.1 Å². The van der Waals surface area contributed by atoms with Gasteiger partial charge in [-0.2, -0.15) is 0 Å². The molecule has 0 radical (unpaired) electrons. The van der Waals surface area contributed by atoms with E-state index in [2.05, 4.69) is 166 Å². The summed E-state index contributed by atoms with van der Waals surface area (Å²) in [6, 6.07) is 45.3. The van der Waals surface area contributed by atoms with Gasteiger partial charge in [0, 0.05) is 45.7 Å². The van der Waals surface area contributed by atoms with Crippen molar-refractivity contribution in [3.8, 4) is 11.1 Å². The Morgan fingerprint density at radius 1 is 0.488 bits per heavy atom. The van der Waals surface area contributed by atoms with Gasteiger partial charge in [0.2, 0.25) is 0 Å². The summed E-state index contributed by atoms with van der Waals surface area (Å²) in [6.45, 7) is 2.26. The Morgan fingerprint density at radius 3 is 1.46 bits per heavy atom. The van der Waals surface area contributed by atoms with Crippen molar-refractivity contribution in [2.24, 2.45) is 0 Å². The maximum absolute atomic E-state index is 2.39. The lowest BCUT2D eigenvalue weighted by Gasteiger charge is -2.24. The number of fused-ring (bicyclic) bond motifs is 2. The van der Waals surface area contributed by atoms with Gasteiger partial charge < -0.3 is 9.80 Å². The van der Waals surface area contributed by atoms with Crippen LogP contribution in [0.4, 0.5) is 11.4 Å². The predicted molar refractivity (Wildman–Crippen MR) is 183 cm³/mol. The molecule has 0 aliphatic rings. The number of hydrogen-bond donors (Lipinski definition) is 0. The van der Waals surface area contributed by atoms with Crippen LogP contribution in [-0.4, -0.2) is 28.2 Å². The summed E-state index contributed by atoms with van der Waals surface area (Å²) in [5.74, 6) is 0. The van der Waals surface area contributed by atoms with E-state index in [4.69, 9.17) is 0 Å². The lowest BCUT2D eigenvalue weighted by Crippen LogP contribution is -2.16. The molecule has 0 saturated carbocycles. The maximum Gasteiger partial charge on any atom is 0.0361 e. The smallest absolute Gasteiger partial charge is 0.0361 e. The molecular weight excluding hydrogens is 515 g/mol. The van der Waals surface area contributed by atoms with Crippen LogP contribution in [0, 0.1) is 6.92 Å². The summed E-state index contributed by atoms with van der Waals surface area (Å²) < 4.78 is 0. The molecule has 0 aliphatic carbocycles. The van der Waals surface area contributed by atoms with E-state index >= 15 is 0 Å². The summed E-state index contributed by atoms with van der Waals surface area (Å²) in [4.78, 5) is 4.34. The molecule has 6 rings (SSSR count). The summed E-state index contributed by atoms with van der Waals surface area (Å²) >= 11 is 0. The second-order valence-corrected chi connectivity index (χ2v) is 13.4. The monoisotopic (exact) mass is 552 g/mol. The zero-order chi connectivity index (χ0) is 28.5. The van der Waals surface area contributed by atoms with E-state index in [-0.39, 0.29) is 0 Å². The average Bonchev–Trinajstić information content (AvgIpc) is 3.00. The Kier molecular flexibility index (Phi) is 7.52. The van der Waals surface area contributed by atoms with E-state index in [1.54, 1.807) is 0 Å². The van der Waals surface area contributed by atoms with Crippen LogP contribution in [0.25, 0.3) is 32.7 Å². The number of benzene rings is 6. The van der Waals surface area contributed by atoms with Crippen molar-refractivity contribution in [3.05, 3.63) is 132 Å². The normalized spacial score (nSPS) is 11.4. The summed E-state index contributed by atoms with van der Waals surface area (Å²) in [5.41, 5.74) is 7.91. The Morgan fingerprint density at radius 2 is 0.951 bits per heavy atom. The quantitative estimate of drug-likeness (QED) is 0.183. The van der Waals surface area contributed by atoms with Gasteiger partial charge in [-0.05, 0) is 93.5 Å². The minimum absolute atomic E-state index is 0.642. The maximum atomic E-state index is 2.39. The molecule has 0 N–H and O–H groups in total. The van der Waals surface area contributed by atoms with Crippen molar-refractivity contribution < 1.29 is 0 Å². The molecule has 0 heterocycles. The van der Waals surface area contributed by atoms with Gasteiger partial charge in [-0.15, -0.1) is 0 Å². The molecule has 3 heteroatoms. The highest BCUT2D eigenvalue weighted by Crippen LogP contribution is 2.45. The fourth-order valence-electron chi connectivity index (χ4n) is 5.82. The van der Waals surface area contributed by atoms with Gasteiger partial charge in [0.25, 0.3) is 0 Å². The Labute approximate surface area is 245 Å². The van der Waals surface area contributed by atoms with Crippen LogP contribution in [0.2, 0.25) is 0 Å². The number of nitrogens with zero attached hydrogens (tertiary/aromatic N) is 2. The van der Waals surface area contributed by atoms with E-state index in [1.807, 2.05) is 0 Å². The van der Waals surface area contributed by atoms with E-state index in [1.165, 1.54) is 65.8 Å². The highest BCUT2D eigenvalue weighted by atomic mass is 31.1. The molecule has 6 aromatic carbocycles. The van der Waals surface area contributed by atoms with E-state index in [0.29, 0.717) is 0 Å². The van der Waals surface area contributed by atoms with Gasteiger partial charge in [-0.25, -0.2) is 0 Å². The largest absolute Gasteiger partial charge is 0.378 e. The number of aryl methyl sites for hydroxylation is 1. The molecule has 0 saturated heterocycles. The van der Waals surface area contributed by atoms with Crippen LogP contribution in [-0.2, 0) is 6.16 Å².